The maximum absolute atomic E-state index is 12.1. The number of aryl methyl sites for hydroxylation is 2. The molecule has 1 aliphatic rings. The summed E-state index contributed by atoms with van der Waals surface area (Å²) in [6.07, 6.45) is 2.93. The number of carboxylic acids is 1. The molecule has 2 aromatic carbocycles. The van der Waals surface area contributed by atoms with E-state index < -0.39 is 18.0 Å². The van der Waals surface area contributed by atoms with Crippen LogP contribution in [0.4, 0.5) is 0 Å². The summed E-state index contributed by atoms with van der Waals surface area (Å²) in [6.45, 7) is 5.96. The van der Waals surface area contributed by atoms with E-state index in [4.69, 9.17) is 4.74 Å². The molecule has 0 saturated carbocycles. The average Bonchev–Trinajstić information content (AvgIpc) is 2.86. The SMILES string of the molecule is COc1ccc2nccc(C(O)CC[C@@H]3CCN(CC#Cc4cc(C)cc(C)c4)C[C@@H]3C(=O)O)c2c1. The number of methoxy groups -OCH3 is 1. The number of likely N-dealkylation sites (tertiary alicyclic amines) is 1. The van der Waals surface area contributed by atoms with Crippen LogP contribution in [0, 0.1) is 37.5 Å². The molecule has 2 N–H and O–H groups in total. The van der Waals surface area contributed by atoms with E-state index in [1.54, 1.807) is 13.3 Å². The molecule has 6 heteroatoms. The van der Waals surface area contributed by atoms with Gasteiger partial charge in [-0.1, -0.05) is 17.9 Å². The van der Waals surface area contributed by atoms with E-state index >= 15 is 0 Å². The topological polar surface area (TPSA) is 82.9 Å². The standard InChI is InChI=1S/C30H34N2O4/c1-20-15-21(2)17-22(16-20)5-4-13-32-14-11-23(27(19-32)30(34)35)6-9-29(33)25-10-12-31-28-8-7-24(36-3)18-26(25)28/h7-8,10,12,15-18,23,27,29,33H,6,9,11,13-14,19H2,1-3H3,(H,34,35)/t23-,27+,29?/m1/s1. The number of nitrogens with zero attached hydrogens (tertiary/aromatic N) is 2. The minimum atomic E-state index is -0.777. The predicted octanol–water partition coefficient (Wildman–Crippen LogP) is 4.75. The number of piperidine rings is 1. The van der Waals surface area contributed by atoms with Gasteiger partial charge in [-0.15, -0.1) is 0 Å². The fraction of sp³-hybridized carbons (Fsp3) is 0.400. The molecule has 188 valence electrons. The van der Waals surface area contributed by atoms with Gasteiger partial charge < -0.3 is 14.9 Å². The number of carboxylic acid groups (broad SMARTS) is 1. The summed E-state index contributed by atoms with van der Waals surface area (Å²) in [5.74, 6) is 5.93. The first kappa shape index (κ1) is 25.7. The number of carbonyl (C=O) groups is 1. The van der Waals surface area contributed by atoms with Crippen molar-refractivity contribution in [2.24, 2.45) is 11.8 Å². The predicted molar refractivity (Wildman–Crippen MR) is 141 cm³/mol. The number of aliphatic hydroxyl groups is 1. The number of fused-ring (bicyclic) bond motifs is 1. The lowest BCUT2D eigenvalue weighted by atomic mass is 9.81. The smallest absolute Gasteiger partial charge is 0.308 e. The number of benzene rings is 2. The lowest BCUT2D eigenvalue weighted by Crippen LogP contribution is -2.44. The molecule has 36 heavy (non-hydrogen) atoms. The first-order valence-corrected chi connectivity index (χ1v) is 12.5. The Kier molecular flexibility index (Phi) is 8.25. The third kappa shape index (κ3) is 6.23. The molecule has 0 radical (unpaired) electrons. The first-order valence-electron chi connectivity index (χ1n) is 12.5. The largest absolute Gasteiger partial charge is 0.497 e. The van der Waals surface area contributed by atoms with Gasteiger partial charge in [0.25, 0.3) is 0 Å². The average molecular weight is 487 g/mol. The van der Waals surface area contributed by atoms with Crippen LogP contribution < -0.4 is 4.74 Å². The molecule has 3 atom stereocenters. The monoisotopic (exact) mass is 486 g/mol. The number of hydrogen-bond donors (Lipinski definition) is 2. The van der Waals surface area contributed by atoms with Crippen LogP contribution in [0.5, 0.6) is 5.75 Å². The van der Waals surface area contributed by atoms with Gasteiger partial charge in [-0.3, -0.25) is 14.7 Å². The highest BCUT2D eigenvalue weighted by atomic mass is 16.5. The number of ether oxygens (including phenoxy) is 1. The van der Waals surface area contributed by atoms with E-state index in [1.807, 2.05) is 24.3 Å². The zero-order valence-electron chi connectivity index (χ0n) is 21.2. The van der Waals surface area contributed by atoms with E-state index in [0.29, 0.717) is 31.7 Å². The van der Waals surface area contributed by atoms with Gasteiger partial charge >= 0.3 is 5.97 Å². The summed E-state index contributed by atoms with van der Waals surface area (Å²) in [5.41, 5.74) is 4.96. The Labute approximate surface area is 212 Å². The summed E-state index contributed by atoms with van der Waals surface area (Å²) in [4.78, 5) is 18.6. The highest BCUT2D eigenvalue weighted by Gasteiger charge is 2.34. The van der Waals surface area contributed by atoms with E-state index in [-0.39, 0.29) is 5.92 Å². The molecule has 1 unspecified atom stereocenters. The normalized spacial score (nSPS) is 18.9. The second kappa shape index (κ2) is 11.6. The Morgan fingerprint density at radius 3 is 2.69 bits per heavy atom. The van der Waals surface area contributed by atoms with Gasteiger partial charge in [-0.25, -0.2) is 0 Å². The lowest BCUT2D eigenvalue weighted by Gasteiger charge is -2.36. The van der Waals surface area contributed by atoms with Crippen LogP contribution in [0.25, 0.3) is 10.9 Å². The third-order valence-corrected chi connectivity index (χ3v) is 7.07. The van der Waals surface area contributed by atoms with Gasteiger partial charge in [-0.05, 0) is 98.7 Å². The molecular formula is C30H34N2O4. The Hall–Kier alpha value is -3.40. The van der Waals surface area contributed by atoms with Crippen molar-refractivity contribution < 1.29 is 19.7 Å². The molecule has 2 heterocycles. The number of hydrogen-bond acceptors (Lipinski definition) is 5. The maximum Gasteiger partial charge on any atom is 0.308 e. The lowest BCUT2D eigenvalue weighted by molar-refractivity contribution is -0.146. The van der Waals surface area contributed by atoms with E-state index in [1.165, 1.54) is 11.1 Å². The summed E-state index contributed by atoms with van der Waals surface area (Å²) >= 11 is 0. The molecule has 3 aromatic rings. The molecule has 6 nitrogen and oxygen atoms in total. The molecule has 1 aromatic heterocycles. The van der Waals surface area contributed by atoms with Gasteiger partial charge in [0.1, 0.15) is 5.75 Å². The van der Waals surface area contributed by atoms with Gasteiger partial charge in [0, 0.05) is 23.7 Å². The Morgan fingerprint density at radius 1 is 1.19 bits per heavy atom. The van der Waals surface area contributed by atoms with E-state index in [2.05, 4.69) is 53.8 Å². The first-order chi connectivity index (χ1) is 17.3. The Balaban J connectivity index is 1.38. The second-order valence-corrected chi connectivity index (χ2v) is 9.78. The van der Waals surface area contributed by atoms with Crippen molar-refractivity contribution in [3.63, 3.8) is 0 Å². The van der Waals surface area contributed by atoms with E-state index in [9.17, 15) is 15.0 Å². The fourth-order valence-corrected chi connectivity index (χ4v) is 5.23. The summed E-state index contributed by atoms with van der Waals surface area (Å²) < 4.78 is 5.34. The van der Waals surface area contributed by atoms with Gasteiger partial charge in [0.2, 0.25) is 0 Å². The number of aromatic nitrogens is 1. The van der Waals surface area contributed by atoms with Crippen molar-refractivity contribution in [1.29, 1.82) is 0 Å². The van der Waals surface area contributed by atoms with Gasteiger partial charge in [0.05, 0.1) is 31.2 Å². The molecular weight excluding hydrogens is 452 g/mol. The van der Waals surface area contributed by atoms with Crippen molar-refractivity contribution in [3.05, 3.63) is 70.9 Å². The third-order valence-electron chi connectivity index (χ3n) is 7.07. The van der Waals surface area contributed by atoms with Crippen molar-refractivity contribution in [1.82, 2.24) is 9.88 Å². The summed E-state index contributed by atoms with van der Waals surface area (Å²) in [5, 5.41) is 21.8. The van der Waals surface area contributed by atoms with Gasteiger partial charge in [0.15, 0.2) is 0 Å². The minimum Gasteiger partial charge on any atom is -0.497 e. The van der Waals surface area contributed by atoms with Crippen molar-refractivity contribution in [2.45, 2.75) is 39.2 Å². The Morgan fingerprint density at radius 2 is 1.97 bits per heavy atom. The van der Waals surface area contributed by atoms with Crippen molar-refractivity contribution in [2.75, 3.05) is 26.7 Å². The van der Waals surface area contributed by atoms with Crippen molar-refractivity contribution >= 4 is 16.9 Å². The molecule has 0 amide bonds. The van der Waals surface area contributed by atoms with E-state index in [0.717, 1.165) is 35.0 Å². The summed E-state index contributed by atoms with van der Waals surface area (Å²) in [7, 11) is 1.61. The molecule has 0 bridgehead atoms. The maximum atomic E-state index is 12.1. The molecule has 0 spiro atoms. The van der Waals surface area contributed by atoms with Crippen LogP contribution in [0.2, 0.25) is 0 Å². The summed E-state index contributed by atoms with van der Waals surface area (Å²) in [6, 6.07) is 13.7. The highest BCUT2D eigenvalue weighted by molar-refractivity contribution is 5.83. The molecule has 0 aliphatic carbocycles. The highest BCUT2D eigenvalue weighted by Crippen LogP contribution is 2.33. The van der Waals surface area contributed by atoms with Gasteiger partial charge in [-0.2, -0.15) is 0 Å². The number of aliphatic carboxylic acids is 1. The number of aliphatic hydroxyl groups excluding tert-OH is 1. The van der Waals surface area contributed by atoms with Crippen LogP contribution in [-0.2, 0) is 4.79 Å². The minimum absolute atomic E-state index is 0.0171. The molecule has 1 fully saturated rings. The van der Waals surface area contributed by atoms with Crippen LogP contribution in [-0.4, -0.2) is 52.8 Å². The molecule has 1 aliphatic heterocycles. The van der Waals surface area contributed by atoms with Crippen LogP contribution in [0.1, 0.15) is 47.6 Å². The fourth-order valence-electron chi connectivity index (χ4n) is 5.23. The zero-order valence-corrected chi connectivity index (χ0v) is 21.2. The van der Waals surface area contributed by atoms with Crippen LogP contribution in [0.15, 0.2) is 48.7 Å². The Bertz CT molecular complexity index is 1270. The van der Waals surface area contributed by atoms with Crippen LogP contribution in [0.3, 0.4) is 0 Å². The van der Waals surface area contributed by atoms with Crippen molar-refractivity contribution in [3.8, 4) is 17.6 Å². The quantitative estimate of drug-likeness (QED) is 0.469. The molecule has 1 saturated heterocycles. The zero-order chi connectivity index (χ0) is 25.7. The molecule has 4 rings (SSSR count). The number of rotatable bonds is 7. The number of pyridine rings is 1. The second-order valence-electron chi connectivity index (χ2n) is 9.78. The van der Waals surface area contributed by atoms with Crippen LogP contribution >= 0.6 is 0 Å².